The van der Waals surface area contributed by atoms with Gasteiger partial charge in [-0.25, -0.2) is 4.98 Å². The van der Waals surface area contributed by atoms with Crippen LogP contribution in [0.3, 0.4) is 0 Å². The van der Waals surface area contributed by atoms with Gasteiger partial charge in [-0.15, -0.1) is 24.8 Å². The van der Waals surface area contributed by atoms with E-state index in [0.29, 0.717) is 11.6 Å². The number of hydrogen-bond donors (Lipinski definition) is 1. The highest BCUT2D eigenvalue weighted by Gasteiger charge is 2.24. The molecule has 0 amide bonds. The van der Waals surface area contributed by atoms with Gasteiger partial charge in [0.05, 0.1) is 24.0 Å². The fourth-order valence-corrected chi connectivity index (χ4v) is 3.13. The lowest BCUT2D eigenvalue weighted by Gasteiger charge is -2.34. The zero-order valence-corrected chi connectivity index (χ0v) is 14.9. The van der Waals surface area contributed by atoms with Crippen LogP contribution < -0.4 is 5.32 Å². The molecule has 1 aromatic carbocycles. The minimum Gasteiger partial charge on any atom is -0.314 e. The molecular formula is C16H19Cl3N4. The van der Waals surface area contributed by atoms with Crippen molar-refractivity contribution in [3.8, 4) is 6.07 Å². The van der Waals surface area contributed by atoms with Gasteiger partial charge < -0.3 is 5.32 Å². The molecule has 7 heteroatoms. The van der Waals surface area contributed by atoms with E-state index in [0.717, 1.165) is 42.6 Å². The summed E-state index contributed by atoms with van der Waals surface area (Å²) < 4.78 is 0. The Morgan fingerprint density at radius 2 is 1.96 bits per heavy atom. The molecule has 0 saturated carbocycles. The van der Waals surface area contributed by atoms with Gasteiger partial charge in [-0.1, -0.05) is 29.8 Å². The van der Waals surface area contributed by atoms with Gasteiger partial charge in [0.2, 0.25) is 0 Å². The third-order valence-electron chi connectivity index (χ3n) is 3.94. The Kier molecular flexibility index (Phi) is 8.04. The number of nitrogens with zero attached hydrogens (tertiary/aromatic N) is 3. The molecule has 0 spiro atoms. The van der Waals surface area contributed by atoms with Crippen LogP contribution in [0.4, 0.5) is 0 Å². The Labute approximate surface area is 153 Å². The summed E-state index contributed by atoms with van der Waals surface area (Å²) in [7, 11) is 0. The lowest BCUT2D eigenvalue weighted by atomic mass is 10.0. The Balaban J connectivity index is 0.00000132. The van der Waals surface area contributed by atoms with E-state index in [2.05, 4.69) is 27.3 Å². The molecule has 124 valence electrons. The van der Waals surface area contributed by atoms with Gasteiger partial charge in [0.15, 0.2) is 0 Å². The molecule has 0 aliphatic carbocycles. The SMILES string of the molecule is Cl.Cl.N#CC[C@H](c1cc2ccccc2nc1Cl)N1CCNCC1. The number of fused-ring (bicyclic) bond motifs is 1. The normalized spacial score (nSPS) is 16.0. The summed E-state index contributed by atoms with van der Waals surface area (Å²) in [6.07, 6.45) is 0.430. The van der Waals surface area contributed by atoms with Crippen molar-refractivity contribution in [1.29, 1.82) is 5.26 Å². The molecule has 2 aromatic rings. The molecule has 1 fully saturated rings. The van der Waals surface area contributed by atoms with E-state index in [1.165, 1.54) is 0 Å². The zero-order chi connectivity index (χ0) is 14.7. The number of aromatic nitrogens is 1. The maximum atomic E-state index is 9.18. The van der Waals surface area contributed by atoms with Crippen LogP contribution in [0.2, 0.25) is 5.15 Å². The van der Waals surface area contributed by atoms with Gasteiger partial charge in [0.25, 0.3) is 0 Å². The van der Waals surface area contributed by atoms with Crippen molar-refractivity contribution in [3.63, 3.8) is 0 Å². The number of rotatable bonds is 3. The predicted octanol–water partition coefficient (Wildman–Crippen LogP) is 3.59. The molecule has 1 N–H and O–H groups in total. The first-order valence-corrected chi connectivity index (χ1v) is 7.54. The number of piperazine rings is 1. The van der Waals surface area contributed by atoms with Gasteiger partial charge in [-0.3, -0.25) is 4.90 Å². The number of para-hydroxylation sites is 1. The average Bonchev–Trinajstić information content (AvgIpc) is 2.53. The topological polar surface area (TPSA) is 52.0 Å². The van der Waals surface area contributed by atoms with Crippen molar-refractivity contribution in [2.24, 2.45) is 0 Å². The number of nitrogens with one attached hydrogen (secondary N) is 1. The molecule has 1 aliphatic rings. The highest BCUT2D eigenvalue weighted by atomic mass is 35.5. The maximum absolute atomic E-state index is 9.18. The monoisotopic (exact) mass is 372 g/mol. The van der Waals surface area contributed by atoms with Crippen LogP contribution in [0.5, 0.6) is 0 Å². The van der Waals surface area contributed by atoms with Gasteiger partial charge >= 0.3 is 0 Å². The molecule has 1 atom stereocenters. The van der Waals surface area contributed by atoms with Gasteiger partial charge in [-0.05, 0) is 12.1 Å². The molecule has 1 saturated heterocycles. The minimum absolute atomic E-state index is 0. The van der Waals surface area contributed by atoms with Crippen molar-refractivity contribution in [2.45, 2.75) is 12.5 Å². The van der Waals surface area contributed by atoms with Gasteiger partial charge in [-0.2, -0.15) is 5.26 Å². The summed E-state index contributed by atoms with van der Waals surface area (Å²) in [4.78, 5) is 6.80. The molecule has 0 unspecified atom stereocenters. The highest BCUT2D eigenvalue weighted by Crippen LogP contribution is 2.31. The van der Waals surface area contributed by atoms with E-state index in [1.54, 1.807) is 0 Å². The Morgan fingerprint density at radius 1 is 1.26 bits per heavy atom. The van der Waals surface area contributed by atoms with Crippen molar-refractivity contribution in [1.82, 2.24) is 15.2 Å². The molecular weight excluding hydrogens is 355 g/mol. The quantitative estimate of drug-likeness (QED) is 0.835. The number of benzene rings is 1. The number of pyridine rings is 1. The fourth-order valence-electron chi connectivity index (χ4n) is 2.86. The van der Waals surface area contributed by atoms with Crippen molar-refractivity contribution >= 4 is 47.3 Å². The van der Waals surface area contributed by atoms with Crippen LogP contribution in [-0.4, -0.2) is 36.1 Å². The van der Waals surface area contributed by atoms with E-state index in [4.69, 9.17) is 11.6 Å². The minimum atomic E-state index is 0. The Hall–Kier alpha value is -1.09. The van der Waals surface area contributed by atoms with Gasteiger partial charge in [0.1, 0.15) is 5.15 Å². The second-order valence-electron chi connectivity index (χ2n) is 5.23. The van der Waals surface area contributed by atoms with E-state index in [-0.39, 0.29) is 30.9 Å². The first kappa shape index (κ1) is 20.0. The van der Waals surface area contributed by atoms with Crippen LogP contribution in [0, 0.1) is 11.3 Å². The Morgan fingerprint density at radius 3 is 2.65 bits per heavy atom. The van der Waals surface area contributed by atoms with Crippen molar-refractivity contribution in [3.05, 3.63) is 41.0 Å². The summed E-state index contributed by atoms with van der Waals surface area (Å²) in [5.74, 6) is 0. The number of nitriles is 1. The molecule has 3 rings (SSSR count). The van der Waals surface area contributed by atoms with Crippen LogP contribution in [0.25, 0.3) is 10.9 Å². The molecule has 2 heterocycles. The van der Waals surface area contributed by atoms with E-state index in [1.807, 2.05) is 24.3 Å². The summed E-state index contributed by atoms with van der Waals surface area (Å²) in [6, 6.07) is 12.3. The summed E-state index contributed by atoms with van der Waals surface area (Å²) in [6.45, 7) is 3.74. The molecule has 0 radical (unpaired) electrons. The summed E-state index contributed by atoms with van der Waals surface area (Å²) >= 11 is 6.39. The van der Waals surface area contributed by atoms with Crippen molar-refractivity contribution in [2.75, 3.05) is 26.2 Å². The van der Waals surface area contributed by atoms with Crippen LogP contribution in [0.1, 0.15) is 18.0 Å². The standard InChI is InChI=1S/C16H17ClN4.2ClH/c17-16-13(11-12-3-1-2-4-14(12)20-16)15(5-6-18)21-9-7-19-8-10-21;;/h1-4,11,15,19H,5,7-10H2;2*1H/t15-;;/m1../s1. The largest absolute Gasteiger partial charge is 0.314 e. The lowest BCUT2D eigenvalue weighted by Crippen LogP contribution is -2.45. The molecule has 1 aliphatic heterocycles. The van der Waals surface area contributed by atoms with Crippen LogP contribution in [-0.2, 0) is 0 Å². The molecule has 0 bridgehead atoms. The van der Waals surface area contributed by atoms with E-state index in [9.17, 15) is 5.26 Å². The summed E-state index contributed by atoms with van der Waals surface area (Å²) in [5, 5.41) is 14.1. The highest BCUT2D eigenvalue weighted by molar-refractivity contribution is 6.30. The van der Waals surface area contributed by atoms with E-state index >= 15 is 0 Å². The van der Waals surface area contributed by atoms with Crippen LogP contribution in [0.15, 0.2) is 30.3 Å². The third kappa shape index (κ3) is 4.47. The molecule has 4 nitrogen and oxygen atoms in total. The van der Waals surface area contributed by atoms with Crippen molar-refractivity contribution < 1.29 is 0 Å². The average molecular weight is 374 g/mol. The zero-order valence-electron chi connectivity index (χ0n) is 12.5. The maximum Gasteiger partial charge on any atom is 0.134 e. The molecule has 23 heavy (non-hydrogen) atoms. The van der Waals surface area contributed by atoms with E-state index < -0.39 is 0 Å². The smallest absolute Gasteiger partial charge is 0.134 e. The van der Waals surface area contributed by atoms with Crippen LogP contribution >= 0.6 is 36.4 Å². The fraction of sp³-hybridized carbons (Fsp3) is 0.375. The number of halogens is 3. The molecule has 1 aromatic heterocycles. The first-order chi connectivity index (χ1) is 10.3. The number of hydrogen-bond acceptors (Lipinski definition) is 4. The van der Waals surface area contributed by atoms with Gasteiger partial charge in [0, 0.05) is 37.1 Å². The first-order valence-electron chi connectivity index (χ1n) is 7.16. The lowest BCUT2D eigenvalue weighted by molar-refractivity contribution is 0.175. The second-order valence-corrected chi connectivity index (χ2v) is 5.58. The summed E-state index contributed by atoms with van der Waals surface area (Å²) in [5.41, 5.74) is 1.85. The Bertz CT molecular complexity index is 681. The third-order valence-corrected chi connectivity index (χ3v) is 4.24. The second kappa shape index (κ2) is 9.27. The predicted molar refractivity (Wildman–Crippen MR) is 98.7 cm³/mol.